The van der Waals surface area contributed by atoms with E-state index in [-0.39, 0.29) is 72.7 Å². The number of para-hydroxylation sites is 1. The number of esters is 1. The average molecular weight is 892 g/mol. The van der Waals surface area contributed by atoms with E-state index in [1.165, 1.54) is 47.8 Å². The lowest BCUT2D eigenvalue weighted by Crippen LogP contribution is -2.47. The SMILES string of the molecule is NC(=NNCCNC(CCC[C@@H]1SC[C@@H]2NC(=O)N[C@@H]21)C(=O)Oc1ccccc1)c1ccc(C(N)(C(=O)CCSCCC=O)P2(=O)OC(=O)CCSCCC(=O)O2)cc1. The number of nitrogens with zero attached hydrogens (tertiary/aromatic N) is 1. The quantitative estimate of drug-likeness (QED) is 0.0121. The third kappa shape index (κ3) is 12.7. The lowest BCUT2D eigenvalue weighted by Gasteiger charge is -2.34. The van der Waals surface area contributed by atoms with Crippen molar-refractivity contribution in [2.24, 2.45) is 16.6 Å². The fraction of sp³-hybridized carbons (Fsp3) is 0.500. The van der Waals surface area contributed by atoms with Gasteiger partial charge in [-0.05, 0) is 36.3 Å². The fourth-order valence-corrected chi connectivity index (χ4v) is 11.6. The molecule has 5 rings (SSSR count). The number of carbonyl (C=O) groups is 6. The standard InChI is InChI=1S/C38H50N7O10PS3/c39-35(45-42-18-17-41-28(36(50)53-27-6-2-1-3-7-27)8-4-9-30-34-29(24-59-30)43-37(51)44-34)25-10-12-26(13-11-25)38(40,31(47)14-21-57-20-5-19-46)56(52)54-32(48)15-22-58-23-16-33(49)55-56/h1-3,6-7,10-13,19,28-30,34,41-42H,4-5,8-9,14-18,20-24,40H2,(H2,39,45)(H2,43,44,51)/t28?,29-,30-,34-,38?/m0/s1. The van der Waals surface area contributed by atoms with Crippen LogP contribution in [-0.2, 0) is 42.9 Å². The number of thioether (sulfide) groups is 3. The van der Waals surface area contributed by atoms with E-state index in [0.717, 1.165) is 24.9 Å². The van der Waals surface area contributed by atoms with Gasteiger partial charge in [0.1, 0.15) is 18.1 Å². The van der Waals surface area contributed by atoms with Crippen LogP contribution in [0.1, 0.15) is 56.1 Å². The Kier molecular flexibility index (Phi) is 17.6. The number of nitrogens with two attached hydrogens (primary N) is 2. The van der Waals surface area contributed by atoms with E-state index < -0.39 is 42.6 Å². The Bertz CT molecular complexity index is 1860. The van der Waals surface area contributed by atoms with Gasteiger partial charge in [0.2, 0.25) is 5.28 Å². The maximum absolute atomic E-state index is 14.5. The first-order valence-electron chi connectivity index (χ1n) is 19.3. The van der Waals surface area contributed by atoms with Crippen LogP contribution in [0.3, 0.4) is 0 Å². The van der Waals surface area contributed by atoms with Crippen molar-refractivity contribution in [3.8, 4) is 5.75 Å². The maximum atomic E-state index is 14.5. The molecule has 3 aliphatic rings. The molecule has 2 aromatic carbocycles. The van der Waals surface area contributed by atoms with Gasteiger partial charge in [0.05, 0.1) is 24.9 Å². The lowest BCUT2D eigenvalue weighted by molar-refractivity contribution is -0.139. The minimum atomic E-state index is -5.00. The molecule has 8 N–H and O–H groups in total. The van der Waals surface area contributed by atoms with Crippen LogP contribution in [0.4, 0.5) is 4.79 Å². The Morgan fingerprint density at radius 2 is 1.75 bits per heavy atom. The normalized spacial score (nSPS) is 22.0. The topological polar surface area (TPSA) is 260 Å². The summed E-state index contributed by atoms with van der Waals surface area (Å²) in [7, 11) is -5.00. The number of benzene rings is 2. The number of amidine groups is 1. The van der Waals surface area contributed by atoms with Gasteiger partial charge >= 0.3 is 31.5 Å². The molecule has 2 amide bonds. The molecule has 21 heteroatoms. The number of ether oxygens (including phenoxy) is 1. The van der Waals surface area contributed by atoms with Crippen LogP contribution in [0, 0.1) is 0 Å². The zero-order valence-corrected chi connectivity index (χ0v) is 35.7. The zero-order chi connectivity index (χ0) is 42.3. The van der Waals surface area contributed by atoms with Crippen molar-refractivity contribution in [3.63, 3.8) is 0 Å². The number of hydrogen-bond acceptors (Lipinski definition) is 17. The number of hydrazone groups is 1. The Morgan fingerprint density at radius 3 is 2.44 bits per heavy atom. The van der Waals surface area contributed by atoms with Gasteiger partial charge in [0.15, 0.2) is 11.6 Å². The number of amides is 2. The van der Waals surface area contributed by atoms with Crippen molar-refractivity contribution in [2.45, 2.75) is 73.6 Å². The smallest absolute Gasteiger partial charge is 0.425 e. The first-order valence-corrected chi connectivity index (χ1v) is 24.2. The number of rotatable bonds is 21. The van der Waals surface area contributed by atoms with E-state index >= 15 is 0 Å². The van der Waals surface area contributed by atoms with Crippen molar-refractivity contribution in [1.82, 2.24) is 21.4 Å². The highest BCUT2D eigenvalue weighted by molar-refractivity contribution is 8.00. The van der Waals surface area contributed by atoms with Crippen LogP contribution in [0.5, 0.6) is 5.75 Å². The van der Waals surface area contributed by atoms with Gasteiger partial charge in [0, 0.05) is 59.8 Å². The van der Waals surface area contributed by atoms with Gasteiger partial charge in [-0.15, -0.1) is 0 Å². The molecule has 3 aliphatic heterocycles. The monoisotopic (exact) mass is 891 g/mol. The predicted octanol–water partition coefficient (Wildman–Crippen LogP) is 3.00. The summed E-state index contributed by atoms with van der Waals surface area (Å²) in [5.41, 5.74) is 16.2. The van der Waals surface area contributed by atoms with Gasteiger partial charge in [-0.1, -0.05) is 48.9 Å². The van der Waals surface area contributed by atoms with Gasteiger partial charge < -0.3 is 51.4 Å². The molecule has 0 bridgehead atoms. The van der Waals surface area contributed by atoms with E-state index in [1.807, 2.05) is 17.8 Å². The first-order chi connectivity index (χ1) is 28.4. The molecule has 0 aliphatic carbocycles. The zero-order valence-electron chi connectivity index (χ0n) is 32.3. The molecular weight excluding hydrogens is 842 g/mol. The van der Waals surface area contributed by atoms with Crippen LogP contribution >= 0.6 is 42.9 Å². The Balaban J connectivity index is 1.22. The summed E-state index contributed by atoms with van der Waals surface area (Å²) in [6, 6.07) is 14.0. The highest BCUT2D eigenvalue weighted by Crippen LogP contribution is 2.63. The summed E-state index contributed by atoms with van der Waals surface area (Å²) in [4.78, 5) is 75.1. The van der Waals surface area contributed by atoms with E-state index in [9.17, 15) is 33.3 Å². The number of hydrogen-bond donors (Lipinski definition) is 6. The molecule has 0 radical (unpaired) electrons. The van der Waals surface area contributed by atoms with Crippen molar-refractivity contribution in [1.29, 1.82) is 0 Å². The summed E-state index contributed by atoms with van der Waals surface area (Å²) < 4.78 is 30.7. The fourth-order valence-electron chi connectivity index (χ4n) is 6.54. The number of ketones is 1. The molecule has 5 atom stereocenters. The van der Waals surface area contributed by atoms with Crippen LogP contribution < -0.4 is 37.6 Å². The highest BCUT2D eigenvalue weighted by atomic mass is 32.2. The third-order valence-corrected chi connectivity index (χ3v) is 15.4. The van der Waals surface area contributed by atoms with Gasteiger partial charge in [-0.3, -0.25) is 14.4 Å². The van der Waals surface area contributed by atoms with E-state index in [2.05, 4.69) is 26.5 Å². The maximum Gasteiger partial charge on any atom is 0.467 e. The number of Topliss-reactive ketones (excluding diaryl/α,β-unsaturated/α-hetero) is 1. The Labute approximate surface area is 355 Å². The molecule has 3 fully saturated rings. The van der Waals surface area contributed by atoms with Crippen molar-refractivity contribution in [3.05, 3.63) is 65.7 Å². The number of nitrogens with one attached hydrogen (secondary N) is 4. The highest BCUT2D eigenvalue weighted by Gasteiger charge is 2.59. The first kappa shape index (κ1) is 46.0. The van der Waals surface area contributed by atoms with Gasteiger partial charge in [-0.25, -0.2) is 14.2 Å². The molecule has 3 heterocycles. The summed E-state index contributed by atoms with van der Waals surface area (Å²) in [6.45, 7) is 0.599. The summed E-state index contributed by atoms with van der Waals surface area (Å²) in [5, 5.41) is 11.1. The molecule has 0 aromatic heterocycles. The molecule has 320 valence electrons. The lowest BCUT2D eigenvalue weighted by atomic mass is 9.99. The van der Waals surface area contributed by atoms with E-state index in [0.29, 0.717) is 41.5 Å². The third-order valence-electron chi connectivity index (χ3n) is 9.67. The minimum absolute atomic E-state index is 0.0334. The van der Waals surface area contributed by atoms with E-state index in [4.69, 9.17) is 25.3 Å². The van der Waals surface area contributed by atoms with Crippen LogP contribution in [0.25, 0.3) is 0 Å². The predicted molar refractivity (Wildman–Crippen MR) is 228 cm³/mol. The molecule has 2 unspecified atom stereocenters. The minimum Gasteiger partial charge on any atom is -0.425 e. The molecule has 0 spiro atoms. The van der Waals surface area contributed by atoms with Crippen molar-refractivity contribution in [2.75, 3.05) is 41.9 Å². The van der Waals surface area contributed by atoms with E-state index in [1.54, 1.807) is 24.3 Å². The second-order valence-electron chi connectivity index (χ2n) is 13.8. The summed E-state index contributed by atoms with van der Waals surface area (Å²) in [6.07, 6.45) is 2.60. The van der Waals surface area contributed by atoms with Crippen molar-refractivity contribution >= 4 is 84.7 Å². The van der Waals surface area contributed by atoms with Crippen LogP contribution in [-0.4, -0.2) is 107 Å². The van der Waals surface area contributed by atoms with Gasteiger partial charge in [-0.2, -0.15) is 40.4 Å². The number of urea groups is 1. The van der Waals surface area contributed by atoms with Crippen LogP contribution in [0.15, 0.2) is 59.7 Å². The molecule has 2 aromatic rings. The number of carbonyl (C=O) groups excluding carboxylic acids is 6. The summed E-state index contributed by atoms with van der Waals surface area (Å²) in [5.74, 6) is -0.429. The number of fused-ring (bicyclic) bond motifs is 1. The second-order valence-corrected chi connectivity index (χ2v) is 19.6. The molecule has 3 saturated heterocycles. The largest absolute Gasteiger partial charge is 0.467 e. The number of aldehydes is 1. The Morgan fingerprint density at radius 1 is 1.03 bits per heavy atom. The van der Waals surface area contributed by atoms with Crippen LogP contribution in [0.2, 0.25) is 0 Å². The molecule has 59 heavy (non-hydrogen) atoms. The average Bonchev–Trinajstić information content (AvgIpc) is 3.78. The second kappa shape index (κ2) is 22.5. The molecular formula is C38H50N7O10PS3. The van der Waals surface area contributed by atoms with Crippen molar-refractivity contribution < 1.29 is 47.1 Å². The molecule has 17 nitrogen and oxygen atoms in total. The Hall–Kier alpha value is -4.07. The molecule has 0 saturated carbocycles. The van der Waals surface area contributed by atoms with Gasteiger partial charge in [0.25, 0.3) is 0 Å². The summed E-state index contributed by atoms with van der Waals surface area (Å²) >= 11 is 4.45.